The molecule has 43 heavy (non-hydrogen) atoms. The molecule has 5 rings (SSSR count). The molecule has 1 aliphatic rings. The van der Waals surface area contributed by atoms with Crippen LogP contribution in [-0.2, 0) is 9.53 Å². The van der Waals surface area contributed by atoms with Crippen molar-refractivity contribution < 1.29 is 23.8 Å². The summed E-state index contributed by atoms with van der Waals surface area (Å²) in [5.74, 6) is -0.733. The van der Waals surface area contributed by atoms with E-state index >= 15 is 0 Å². The average molecular weight is 609 g/mol. The van der Waals surface area contributed by atoms with Gasteiger partial charge in [-0.1, -0.05) is 48.9 Å². The van der Waals surface area contributed by atoms with Gasteiger partial charge in [0.05, 0.1) is 41.9 Å². The maximum atomic E-state index is 14.5. The SMILES string of the molecule is COC(=O)Nc1ccc2c(c1)NC(=O)C(C(C)C)C/C=C/[C@H](NC(O)c1cn(-c3cccc(Cl)c3F)nn1)c1ncc-2[nH]1. The Labute approximate surface area is 251 Å². The number of H-pyrrole nitrogens is 1. The Bertz CT molecular complexity index is 1670. The molecule has 2 amide bonds. The third kappa shape index (κ3) is 6.58. The summed E-state index contributed by atoms with van der Waals surface area (Å²) in [6, 6.07) is 8.94. The fraction of sp³-hybridized carbons (Fsp3) is 0.276. The molecule has 5 N–H and O–H groups in total. The zero-order valence-electron chi connectivity index (χ0n) is 23.5. The number of carbonyl (C=O) groups is 2. The van der Waals surface area contributed by atoms with Crippen LogP contribution in [-0.4, -0.2) is 49.2 Å². The fourth-order valence-electron chi connectivity index (χ4n) is 4.70. The van der Waals surface area contributed by atoms with E-state index in [2.05, 4.69) is 36.2 Å². The van der Waals surface area contributed by atoms with Crippen molar-refractivity contribution in [1.82, 2.24) is 30.3 Å². The Kier molecular flexibility index (Phi) is 8.85. The lowest BCUT2D eigenvalue weighted by Gasteiger charge is -2.22. The molecule has 224 valence electrons. The normalized spacial score (nSPS) is 18.2. The number of nitrogens with zero attached hydrogens (tertiary/aromatic N) is 4. The molecular weight excluding hydrogens is 579 g/mol. The predicted octanol–water partition coefficient (Wildman–Crippen LogP) is 5.12. The highest BCUT2D eigenvalue weighted by Gasteiger charge is 2.26. The van der Waals surface area contributed by atoms with Crippen molar-refractivity contribution in [2.45, 2.75) is 32.5 Å². The highest BCUT2D eigenvalue weighted by atomic mass is 35.5. The molecular formula is C29H30ClFN8O4. The first-order chi connectivity index (χ1) is 20.6. The highest BCUT2D eigenvalue weighted by Crippen LogP contribution is 2.33. The number of aromatic nitrogens is 5. The molecule has 0 aliphatic carbocycles. The molecule has 1 aliphatic heterocycles. The van der Waals surface area contributed by atoms with Crippen molar-refractivity contribution in [3.05, 3.63) is 83.3 Å². The van der Waals surface area contributed by atoms with Crippen LogP contribution in [0.4, 0.5) is 20.6 Å². The van der Waals surface area contributed by atoms with Crippen LogP contribution in [0.15, 0.2) is 60.9 Å². The third-order valence-corrected chi connectivity index (χ3v) is 7.35. The number of hydrogen-bond acceptors (Lipinski definition) is 8. The molecule has 2 bridgehead atoms. The Hall–Kier alpha value is -4.59. The first kappa shape index (κ1) is 29.9. The van der Waals surface area contributed by atoms with Gasteiger partial charge in [0, 0.05) is 17.2 Å². The highest BCUT2D eigenvalue weighted by molar-refractivity contribution is 6.30. The lowest BCUT2D eigenvalue weighted by molar-refractivity contribution is -0.121. The minimum Gasteiger partial charge on any atom is -0.453 e. The van der Waals surface area contributed by atoms with E-state index in [1.54, 1.807) is 36.5 Å². The van der Waals surface area contributed by atoms with Crippen molar-refractivity contribution in [3.63, 3.8) is 0 Å². The first-order valence-corrected chi connectivity index (χ1v) is 13.8. The molecule has 0 radical (unpaired) electrons. The van der Waals surface area contributed by atoms with Gasteiger partial charge in [-0.15, -0.1) is 5.10 Å². The number of aliphatic hydroxyl groups excluding tert-OH is 1. The van der Waals surface area contributed by atoms with E-state index in [4.69, 9.17) is 16.3 Å². The van der Waals surface area contributed by atoms with Crippen LogP contribution in [0.5, 0.6) is 0 Å². The predicted molar refractivity (Wildman–Crippen MR) is 158 cm³/mol. The second-order valence-corrected chi connectivity index (χ2v) is 10.7. The summed E-state index contributed by atoms with van der Waals surface area (Å²) in [5.41, 5.74) is 2.36. The van der Waals surface area contributed by atoms with Gasteiger partial charge in [0.1, 0.15) is 17.2 Å². The van der Waals surface area contributed by atoms with Crippen molar-refractivity contribution in [2.24, 2.45) is 11.8 Å². The Balaban J connectivity index is 1.47. The third-order valence-electron chi connectivity index (χ3n) is 7.06. The van der Waals surface area contributed by atoms with Crippen LogP contribution in [0.25, 0.3) is 16.9 Å². The van der Waals surface area contributed by atoms with Crippen LogP contribution in [0.3, 0.4) is 0 Å². The van der Waals surface area contributed by atoms with Crippen LogP contribution < -0.4 is 16.0 Å². The molecule has 2 unspecified atom stereocenters. The Morgan fingerprint density at radius 1 is 1.28 bits per heavy atom. The van der Waals surface area contributed by atoms with Crippen molar-refractivity contribution in [3.8, 4) is 16.9 Å². The summed E-state index contributed by atoms with van der Waals surface area (Å²) in [6.45, 7) is 3.92. The van der Waals surface area contributed by atoms with E-state index in [1.165, 1.54) is 30.1 Å². The number of amides is 2. The summed E-state index contributed by atoms with van der Waals surface area (Å²) in [6.07, 6.45) is 5.13. The quantitative estimate of drug-likeness (QED) is 0.149. The van der Waals surface area contributed by atoms with Gasteiger partial charge in [0.15, 0.2) is 12.0 Å². The molecule has 12 nitrogen and oxygen atoms in total. The summed E-state index contributed by atoms with van der Waals surface area (Å²) in [4.78, 5) is 33.0. The first-order valence-electron chi connectivity index (χ1n) is 13.5. The number of methoxy groups -OCH3 is 1. The zero-order chi connectivity index (χ0) is 30.7. The fourth-order valence-corrected chi connectivity index (χ4v) is 4.87. The number of nitrogens with one attached hydrogen (secondary N) is 4. The molecule has 2 aromatic carbocycles. The van der Waals surface area contributed by atoms with Gasteiger partial charge >= 0.3 is 6.09 Å². The number of hydrogen-bond donors (Lipinski definition) is 5. The molecule has 2 aromatic heterocycles. The second kappa shape index (κ2) is 12.7. The Morgan fingerprint density at radius 2 is 2.09 bits per heavy atom. The maximum absolute atomic E-state index is 14.5. The van der Waals surface area contributed by atoms with Crippen molar-refractivity contribution in [1.29, 1.82) is 0 Å². The Morgan fingerprint density at radius 3 is 2.86 bits per heavy atom. The number of allylic oxidation sites excluding steroid dienone is 1. The van der Waals surface area contributed by atoms with Crippen LogP contribution >= 0.6 is 11.6 Å². The summed E-state index contributed by atoms with van der Waals surface area (Å²) in [5, 5.41) is 27.6. The van der Waals surface area contributed by atoms with E-state index < -0.39 is 24.2 Å². The van der Waals surface area contributed by atoms with Gasteiger partial charge in [0.2, 0.25) is 5.91 Å². The van der Waals surface area contributed by atoms with E-state index in [9.17, 15) is 19.1 Å². The smallest absolute Gasteiger partial charge is 0.411 e. The second-order valence-electron chi connectivity index (χ2n) is 10.3. The number of rotatable bonds is 6. The van der Waals surface area contributed by atoms with E-state index in [0.717, 1.165) is 0 Å². The van der Waals surface area contributed by atoms with Gasteiger partial charge in [-0.25, -0.2) is 18.9 Å². The van der Waals surface area contributed by atoms with E-state index in [1.807, 2.05) is 19.9 Å². The van der Waals surface area contributed by atoms with Crippen molar-refractivity contribution >= 4 is 35.0 Å². The zero-order valence-corrected chi connectivity index (χ0v) is 24.3. The molecule has 3 atom stereocenters. The monoisotopic (exact) mass is 608 g/mol. The van der Waals surface area contributed by atoms with Crippen LogP contribution in [0.2, 0.25) is 5.02 Å². The number of benzene rings is 2. The molecule has 0 saturated heterocycles. The van der Waals surface area contributed by atoms with Gasteiger partial charge in [-0.3, -0.25) is 15.4 Å². The van der Waals surface area contributed by atoms with E-state index in [0.29, 0.717) is 34.9 Å². The average Bonchev–Trinajstić information content (AvgIpc) is 3.66. The standard InChI is InChI=1S/C29H30ClFN8O4/c1-15(2)17-6-4-8-20(35-28(41)23-14-39(38-37-23)24-9-5-7-19(30)25(24)31)26-32-13-22(34-26)18-11-10-16(33-29(42)43-3)12-21(18)36-27(17)40/h4-5,7-15,17,20,28,35,41H,6H2,1-3H3,(H,32,34)(H,33,42)(H,36,40)/b8-4+/t17?,20-,28?/m0/s1. The minimum absolute atomic E-state index is 0.0118. The molecule has 14 heteroatoms. The van der Waals surface area contributed by atoms with Crippen molar-refractivity contribution in [2.75, 3.05) is 17.7 Å². The number of imidazole rings is 1. The maximum Gasteiger partial charge on any atom is 0.411 e. The lowest BCUT2D eigenvalue weighted by atomic mass is 9.91. The summed E-state index contributed by atoms with van der Waals surface area (Å²) in [7, 11) is 1.26. The number of fused-ring (bicyclic) bond motifs is 4. The summed E-state index contributed by atoms with van der Waals surface area (Å²) >= 11 is 5.90. The van der Waals surface area contributed by atoms with Gasteiger partial charge < -0.3 is 20.1 Å². The number of ether oxygens (including phenoxy) is 1. The van der Waals surface area contributed by atoms with E-state index in [-0.39, 0.29) is 34.1 Å². The van der Waals surface area contributed by atoms with Crippen LogP contribution in [0.1, 0.15) is 44.1 Å². The van der Waals surface area contributed by atoms with Gasteiger partial charge in [-0.05, 0) is 42.7 Å². The molecule has 0 saturated carbocycles. The largest absolute Gasteiger partial charge is 0.453 e. The molecule has 3 heterocycles. The lowest BCUT2D eigenvalue weighted by Crippen LogP contribution is -2.28. The molecule has 4 aromatic rings. The number of aromatic amines is 1. The van der Waals surface area contributed by atoms with Gasteiger partial charge in [-0.2, -0.15) is 0 Å². The molecule has 0 spiro atoms. The van der Waals surface area contributed by atoms with Crippen LogP contribution in [0, 0.1) is 17.7 Å². The topological polar surface area (TPSA) is 159 Å². The van der Waals surface area contributed by atoms with Gasteiger partial charge in [0.25, 0.3) is 0 Å². The number of aliphatic hydroxyl groups is 1. The number of anilines is 2. The minimum atomic E-state index is -1.31. The number of halogens is 2. The number of carbonyl (C=O) groups excluding carboxylic acids is 2. The summed E-state index contributed by atoms with van der Waals surface area (Å²) < 4.78 is 20.4. The molecule has 0 fully saturated rings.